The van der Waals surface area contributed by atoms with Gasteiger partial charge in [-0.1, -0.05) is 17.7 Å². The monoisotopic (exact) mass is 232 g/mol. The van der Waals surface area contributed by atoms with Crippen LogP contribution in [-0.2, 0) is 4.79 Å². The molecule has 1 aliphatic rings. The van der Waals surface area contributed by atoms with Crippen molar-refractivity contribution in [2.75, 3.05) is 11.9 Å². The van der Waals surface area contributed by atoms with E-state index in [1.54, 1.807) is 0 Å². The lowest BCUT2D eigenvalue weighted by Gasteiger charge is -2.28. The molecule has 2 atom stereocenters. The number of anilines is 1. The second-order valence-electron chi connectivity index (χ2n) is 4.85. The van der Waals surface area contributed by atoms with Crippen LogP contribution in [0.2, 0.25) is 0 Å². The van der Waals surface area contributed by atoms with Crippen LogP contribution in [0.15, 0.2) is 24.3 Å². The molecule has 0 radical (unpaired) electrons. The van der Waals surface area contributed by atoms with Crippen molar-refractivity contribution in [3.8, 4) is 0 Å². The number of rotatable bonds is 2. The Balaban J connectivity index is 1.98. The van der Waals surface area contributed by atoms with Gasteiger partial charge in [-0.2, -0.15) is 0 Å². The summed E-state index contributed by atoms with van der Waals surface area (Å²) in [6.07, 6.45) is 2.06. The predicted molar refractivity (Wildman–Crippen MR) is 70.0 cm³/mol. The van der Waals surface area contributed by atoms with Crippen molar-refractivity contribution in [2.45, 2.75) is 32.7 Å². The summed E-state index contributed by atoms with van der Waals surface area (Å²) < 4.78 is 0. The average molecular weight is 232 g/mol. The van der Waals surface area contributed by atoms with E-state index in [1.165, 1.54) is 5.56 Å². The second-order valence-corrected chi connectivity index (χ2v) is 4.85. The molecule has 3 heteroatoms. The third kappa shape index (κ3) is 3.07. The summed E-state index contributed by atoms with van der Waals surface area (Å²) in [7, 11) is 0. The fraction of sp³-hybridized carbons (Fsp3) is 0.500. The van der Waals surface area contributed by atoms with E-state index in [0.29, 0.717) is 0 Å². The predicted octanol–water partition coefficient (Wildman–Crippen LogP) is 2.32. The maximum atomic E-state index is 12.1. The SMILES string of the molecule is Cc1ccc(NC(=O)C2CCCNC2C)cc1. The molecule has 0 aromatic heterocycles. The maximum Gasteiger partial charge on any atom is 0.229 e. The zero-order chi connectivity index (χ0) is 12.3. The lowest BCUT2D eigenvalue weighted by atomic mass is 9.91. The molecular weight excluding hydrogens is 212 g/mol. The first-order chi connectivity index (χ1) is 8.16. The zero-order valence-corrected chi connectivity index (χ0v) is 10.5. The summed E-state index contributed by atoms with van der Waals surface area (Å²) >= 11 is 0. The average Bonchev–Trinajstić information content (AvgIpc) is 2.32. The first-order valence-electron chi connectivity index (χ1n) is 6.28. The van der Waals surface area contributed by atoms with Gasteiger partial charge in [0.15, 0.2) is 0 Å². The van der Waals surface area contributed by atoms with E-state index in [1.807, 2.05) is 31.2 Å². The molecular formula is C14H20N2O. The molecule has 0 spiro atoms. The molecule has 1 aliphatic heterocycles. The van der Waals surface area contributed by atoms with Gasteiger partial charge in [0.1, 0.15) is 0 Å². The molecule has 2 rings (SSSR count). The van der Waals surface area contributed by atoms with E-state index >= 15 is 0 Å². The molecule has 1 fully saturated rings. The number of hydrogen-bond donors (Lipinski definition) is 2. The summed E-state index contributed by atoms with van der Waals surface area (Å²) in [6, 6.07) is 8.20. The fourth-order valence-corrected chi connectivity index (χ4v) is 2.27. The molecule has 2 unspecified atom stereocenters. The van der Waals surface area contributed by atoms with Gasteiger partial charge in [-0.3, -0.25) is 4.79 Å². The van der Waals surface area contributed by atoms with Gasteiger partial charge in [-0.05, 0) is 45.4 Å². The molecule has 1 heterocycles. The fourth-order valence-electron chi connectivity index (χ4n) is 2.27. The first kappa shape index (κ1) is 12.1. The van der Waals surface area contributed by atoms with E-state index in [2.05, 4.69) is 17.6 Å². The van der Waals surface area contributed by atoms with Gasteiger partial charge in [0, 0.05) is 11.7 Å². The molecule has 17 heavy (non-hydrogen) atoms. The van der Waals surface area contributed by atoms with Gasteiger partial charge in [0.05, 0.1) is 5.92 Å². The van der Waals surface area contributed by atoms with Crippen molar-refractivity contribution >= 4 is 11.6 Å². The Labute approximate surface area is 103 Å². The van der Waals surface area contributed by atoms with Crippen molar-refractivity contribution in [1.82, 2.24) is 5.32 Å². The molecule has 0 aliphatic carbocycles. The standard InChI is InChI=1S/C14H20N2O/c1-10-5-7-12(8-6-10)16-14(17)13-4-3-9-15-11(13)2/h5-8,11,13,15H,3-4,9H2,1-2H3,(H,16,17). The molecule has 0 bridgehead atoms. The number of benzene rings is 1. The Morgan fingerprint density at radius 3 is 2.71 bits per heavy atom. The third-order valence-corrected chi connectivity index (χ3v) is 3.42. The molecule has 1 aromatic carbocycles. The van der Waals surface area contributed by atoms with Crippen molar-refractivity contribution in [2.24, 2.45) is 5.92 Å². The van der Waals surface area contributed by atoms with Crippen LogP contribution in [0, 0.1) is 12.8 Å². The van der Waals surface area contributed by atoms with E-state index in [4.69, 9.17) is 0 Å². The summed E-state index contributed by atoms with van der Waals surface area (Å²) in [6.45, 7) is 5.15. The van der Waals surface area contributed by atoms with Crippen LogP contribution >= 0.6 is 0 Å². The number of aryl methyl sites for hydroxylation is 1. The molecule has 1 saturated heterocycles. The Kier molecular flexibility index (Phi) is 3.79. The minimum atomic E-state index is 0.0880. The number of hydrogen-bond acceptors (Lipinski definition) is 2. The van der Waals surface area contributed by atoms with Crippen molar-refractivity contribution < 1.29 is 4.79 Å². The van der Waals surface area contributed by atoms with Gasteiger partial charge in [0.25, 0.3) is 0 Å². The second kappa shape index (κ2) is 5.32. The van der Waals surface area contributed by atoms with E-state index in [0.717, 1.165) is 25.1 Å². The van der Waals surface area contributed by atoms with Crippen LogP contribution in [0.25, 0.3) is 0 Å². The number of carbonyl (C=O) groups excluding carboxylic acids is 1. The van der Waals surface area contributed by atoms with Crippen LogP contribution in [0.4, 0.5) is 5.69 Å². The largest absolute Gasteiger partial charge is 0.326 e. The summed E-state index contributed by atoms with van der Waals surface area (Å²) in [4.78, 5) is 12.1. The highest BCUT2D eigenvalue weighted by atomic mass is 16.1. The minimum absolute atomic E-state index is 0.0880. The first-order valence-corrected chi connectivity index (χ1v) is 6.28. The highest BCUT2D eigenvalue weighted by Crippen LogP contribution is 2.19. The molecule has 0 saturated carbocycles. The van der Waals surface area contributed by atoms with Crippen LogP contribution in [0.1, 0.15) is 25.3 Å². The zero-order valence-electron chi connectivity index (χ0n) is 10.5. The normalized spacial score (nSPS) is 24.4. The molecule has 1 amide bonds. The topological polar surface area (TPSA) is 41.1 Å². The summed E-state index contributed by atoms with van der Waals surface area (Å²) in [5, 5.41) is 6.34. The van der Waals surface area contributed by atoms with Crippen LogP contribution < -0.4 is 10.6 Å². The Morgan fingerprint density at radius 2 is 2.06 bits per heavy atom. The smallest absolute Gasteiger partial charge is 0.229 e. The lowest BCUT2D eigenvalue weighted by molar-refractivity contribution is -0.121. The van der Waals surface area contributed by atoms with Crippen molar-refractivity contribution in [1.29, 1.82) is 0 Å². The molecule has 1 aromatic rings. The quantitative estimate of drug-likeness (QED) is 0.821. The summed E-state index contributed by atoms with van der Waals surface area (Å²) in [5.41, 5.74) is 2.09. The number of carbonyl (C=O) groups is 1. The Bertz CT molecular complexity index is 386. The van der Waals surface area contributed by atoms with E-state index in [9.17, 15) is 4.79 Å². The van der Waals surface area contributed by atoms with E-state index < -0.39 is 0 Å². The number of amides is 1. The molecule has 92 valence electrons. The lowest BCUT2D eigenvalue weighted by Crippen LogP contribution is -2.44. The van der Waals surface area contributed by atoms with Gasteiger partial charge in [-0.25, -0.2) is 0 Å². The van der Waals surface area contributed by atoms with Crippen LogP contribution in [0.3, 0.4) is 0 Å². The highest BCUT2D eigenvalue weighted by Gasteiger charge is 2.27. The minimum Gasteiger partial charge on any atom is -0.326 e. The molecule has 3 nitrogen and oxygen atoms in total. The van der Waals surface area contributed by atoms with Gasteiger partial charge >= 0.3 is 0 Å². The molecule has 2 N–H and O–H groups in total. The van der Waals surface area contributed by atoms with Crippen molar-refractivity contribution in [3.05, 3.63) is 29.8 Å². The highest BCUT2D eigenvalue weighted by molar-refractivity contribution is 5.93. The van der Waals surface area contributed by atoms with Gasteiger partial charge in [-0.15, -0.1) is 0 Å². The van der Waals surface area contributed by atoms with Crippen LogP contribution in [-0.4, -0.2) is 18.5 Å². The number of nitrogens with one attached hydrogen (secondary N) is 2. The van der Waals surface area contributed by atoms with Crippen LogP contribution in [0.5, 0.6) is 0 Å². The van der Waals surface area contributed by atoms with Gasteiger partial charge in [0.2, 0.25) is 5.91 Å². The van der Waals surface area contributed by atoms with Crippen molar-refractivity contribution in [3.63, 3.8) is 0 Å². The maximum absolute atomic E-state index is 12.1. The Hall–Kier alpha value is -1.35. The number of piperidine rings is 1. The third-order valence-electron chi connectivity index (χ3n) is 3.42. The summed E-state index contributed by atoms with van der Waals surface area (Å²) in [5.74, 6) is 0.221. The Morgan fingerprint density at radius 1 is 1.35 bits per heavy atom. The van der Waals surface area contributed by atoms with E-state index in [-0.39, 0.29) is 17.9 Å². The van der Waals surface area contributed by atoms with Gasteiger partial charge < -0.3 is 10.6 Å².